The summed E-state index contributed by atoms with van der Waals surface area (Å²) in [5.41, 5.74) is 7.17. The number of H-pyrrole nitrogens is 1. The van der Waals surface area contributed by atoms with Gasteiger partial charge >= 0.3 is 5.97 Å². The normalized spacial score (nSPS) is 10.7. The molecular weight excluding hydrogens is 246 g/mol. The Hall–Kier alpha value is -2.89. The molecule has 0 bridgehead atoms. The van der Waals surface area contributed by atoms with Gasteiger partial charge in [0.1, 0.15) is 5.69 Å². The molecule has 6 nitrogen and oxygen atoms in total. The minimum absolute atomic E-state index is 0.0349. The summed E-state index contributed by atoms with van der Waals surface area (Å²) in [5, 5.41) is 15.1. The lowest BCUT2D eigenvalue weighted by Gasteiger charge is -1.97. The lowest BCUT2D eigenvalue weighted by atomic mass is 10.1. The average molecular weight is 257 g/mol. The number of amides is 1. The van der Waals surface area contributed by atoms with E-state index in [1.165, 1.54) is 12.1 Å². The number of carboxylic acid groups (broad SMARTS) is 1. The molecule has 1 aromatic heterocycles. The molecule has 0 fully saturated rings. The van der Waals surface area contributed by atoms with Gasteiger partial charge in [0.2, 0.25) is 5.91 Å². The predicted molar refractivity (Wildman–Crippen MR) is 69.2 cm³/mol. The minimum atomic E-state index is -1.06. The number of carbonyl (C=O) groups excluding carboxylic acids is 1. The molecule has 0 atom stereocenters. The summed E-state index contributed by atoms with van der Waals surface area (Å²) in [5.74, 6) is -1.57. The van der Waals surface area contributed by atoms with Crippen LogP contribution in [0.1, 0.15) is 16.1 Å². The number of carboxylic acids is 1. The van der Waals surface area contributed by atoms with Crippen LogP contribution in [-0.4, -0.2) is 27.2 Å². The van der Waals surface area contributed by atoms with E-state index in [-0.39, 0.29) is 5.69 Å². The molecule has 0 radical (unpaired) electrons. The Bertz CT molecular complexity index is 641. The van der Waals surface area contributed by atoms with E-state index in [9.17, 15) is 9.59 Å². The second kappa shape index (κ2) is 5.18. The number of primary amides is 1. The van der Waals surface area contributed by atoms with Crippen molar-refractivity contribution >= 4 is 18.0 Å². The first-order valence-corrected chi connectivity index (χ1v) is 5.43. The minimum Gasteiger partial charge on any atom is -0.477 e. The highest BCUT2D eigenvalue weighted by molar-refractivity contribution is 5.90. The first kappa shape index (κ1) is 12.6. The number of nitrogens with two attached hydrogens (primary N) is 1. The second-order valence-electron chi connectivity index (χ2n) is 3.83. The molecule has 4 N–H and O–H groups in total. The van der Waals surface area contributed by atoms with E-state index in [2.05, 4.69) is 10.2 Å². The number of aromatic nitrogens is 2. The van der Waals surface area contributed by atoms with Crippen LogP contribution in [-0.2, 0) is 4.79 Å². The van der Waals surface area contributed by atoms with Gasteiger partial charge in [-0.05, 0) is 17.7 Å². The quantitative estimate of drug-likeness (QED) is 0.716. The van der Waals surface area contributed by atoms with Crippen molar-refractivity contribution in [1.82, 2.24) is 10.2 Å². The topological polar surface area (TPSA) is 109 Å². The third-order valence-corrected chi connectivity index (χ3v) is 2.45. The molecule has 1 amide bonds. The van der Waals surface area contributed by atoms with Crippen molar-refractivity contribution in [1.29, 1.82) is 0 Å². The van der Waals surface area contributed by atoms with Crippen LogP contribution in [0.15, 0.2) is 36.4 Å². The Labute approximate surface area is 108 Å². The van der Waals surface area contributed by atoms with E-state index in [1.54, 1.807) is 30.3 Å². The fourth-order valence-electron chi connectivity index (χ4n) is 1.52. The van der Waals surface area contributed by atoms with Crippen LogP contribution in [0.2, 0.25) is 0 Å². The lowest BCUT2D eigenvalue weighted by Crippen LogP contribution is -2.04. The molecule has 0 aliphatic rings. The largest absolute Gasteiger partial charge is 0.477 e. The van der Waals surface area contributed by atoms with E-state index in [0.717, 1.165) is 11.1 Å². The van der Waals surface area contributed by atoms with Gasteiger partial charge in [-0.3, -0.25) is 9.89 Å². The maximum Gasteiger partial charge on any atom is 0.353 e. The number of carbonyl (C=O) groups is 2. The van der Waals surface area contributed by atoms with Crippen LogP contribution in [0.25, 0.3) is 17.3 Å². The first-order valence-electron chi connectivity index (χ1n) is 5.43. The summed E-state index contributed by atoms with van der Waals surface area (Å²) >= 11 is 0. The summed E-state index contributed by atoms with van der Waals surface area (Å²) in [7, 11) is 0. The number of rotatable bonds is 4. The van der Waals surface area contributed by atoms with Crippen LogP contribution in [0, 0.1) is 0 Å². The van der Waals surface area contributed by atoms with E-state index in [0.29, 0.717) is 5.69 Å². The zero-order valence-electron chi connectivity index (χ0n) is 9.83. The summed E-state index contributed by atoms with van der Waals surface area (Å²) in [4.78, 5) is 21.3. The fourth-order valence-corrected chi connectivity index (χ4v) is 1.52. The van der Waals surface area contributed by atoms with Crippen LogP contribution in [0.4, 0.5) is 0 Å². The van der Waals surface area contributed by atoms with Crippen molar-refractivity contribution in [2.24, 2.45) is 5.73 Å². The highest BCUT2D eigenvalue weighted by Gasteiger charge is 2.08. The molecule has 1 aromatic carbocycles. The molecule has 19 heavy (non-hydrogen) atoms. The summed E-state index contributed by atoms with van der Waals surface area (Å²) in [6.45, 7) is 0. The van der Waals surface area contributed by atoms with Gasteiger partial charge in [0.15, 0.2) is 0 Å². The fraction of sp³-hybridized carbons (Fsp3) is 0. The average Bonchev–Trinajstić information content (AvgIpc) is 2.86. The maximum absolute atomic E-state index is 10.7. The number of nitrogens with one attached hydrogen (secondary N) is 1. The van der Waals surface area contributed by atoms with Crippen molar-refractivity contribution in [3.8, 4) is 11.3 Å². The van der Waals surface area contributed by atoms with Crippen LogP contribution in [0.5, 0.6) is 0 Å². The molecule has 6 heteroatoms. The van der Waals surface area contributed by atoms with Crippen LogP contribution in [0.3, 0.4) is 0 Å². The molecule has 0 spiro atoms. The van der Waals surface area contributed by atoms with Crippen LogP contribution >= 0.6 is 0 Å². The number of benzene rings is 1. The van der Waals surface area contributed by atoms with Crippen molar-refractivity contribution in [2.75, 3.05) is 0 Å². The van der Waals surface area contributed by atoms with Gasteiger partial charge < -0.3 is 10.8 Å². The Kier molecular flexibility index (Phi) is 3.42. The number of aromatic amines is 1. The predicted octanol–water partition coefficient (Wildman–Crippen LogP) is 1.27. The molecule has 0 aliphatic carbocycles. The molecule has 0 unspecified atom stereocenters. The summed E-state index contributed by atoms with van der Waals surface area (Å²) < 4.78 is 0. The Balaban J connectivity index is 2.22. The van der Waals surface area contributed by atoms with Gasteiger partial charge in [0.25, 0.3) is 0 Å². The Morgan fingerprint density at radius 2 is 1.95 bits per heavy atom. The third kappa shape index (κ3) is 3.06. The van der Waals surface area contributed by atoms with Crippen molar-refractivity contribution < 1.29 is 14.7 Å². The van der Waals surface area contributed by atoms with Crippen molar-refractivity contribution in [2.45, 2.75) is 0 Å². The number of aromatic carboxylic acids is 1. The Morgan fingerprint density at radius 1 is 1.26 bits per heavy atom. The van der Waals surface area contributed by atoms with Gasteiger partial charge in [-0.25, -0.2) is 4.79 Å². The molecule has 1 heterocycles. The monoisotopic (exact) mass is 257 g/mol. The second-order valence-corrected chi connectivity index (χ2v) is 3.83. The molecule has 2 rings (SSSR count). The first-order chi connectivity index (χ1) is 9.06. The molecule has 0 aliphatic heterocycles. The van der Waals surface area contributed by atoms with Crippen molar-refractivity contribution in [3.63, 3.8) is 0 Å². The van der Waals surface area contributed by atoms with Crippen LogP contribution < -0.4 is 5.73 Å². The van der Waals surface area contributed by atoms with Gasteiger partial charge in [0.05, 0.1) is 5.69 Å². The highest BCUT2D eigenvalue weighted by atomic mass is 16.4. The van der Waals surface area contributed by atoms with Gasteiger partial charge in [-0.15, -0.1) is 0 Å². The number of nitrogens with zero attached hydrogens (tertiary/aromatic N) is 1. The van der Waals surface area contributed by atoms with Gasteiger partial charge in [-0.1, -0.05) is 24.3 Å². The zero-order valence-corrected chi connectivity index (χ0v) is 9.83. The molecule has 2 aromatic rings. The molecule has 0 saturated heterocycles. The van der Waals surface area contributed by atoms with E-state index >= 15 is 0 Å². The molecule has 96 valence electrons. The Morgan fingerprint density at radius 3 is 2.47 bits per heavy atom. The van der Waals surface area contributed by atoms with Gasteiger partial charge in [0, 0.05) is 11.6 Å². The third-order valence-electron chi connectivity index (χ3n) is 2.45. The smallest absolute Gasteiger partial charge is 0.353 e. The van der Waals surface area contributed by atoms with Crippen molar-refractivity contribution in [3.05, 3.63) is 47.7 Å². The highest BCUT2D eigenvalue weighted by Crippen LogP contribution is 2.18. The number of hydrogen-bond donors (Lipinski definition) is 3. The zero-order chi connectivity index (χ0) is 13.8. The maximum atomic E-state index is 10.7. The lowest BCUT2D eigenvalue weighted by molar-refractivity contribution is -0.113. The van der Waals surface area contributed by atoms with E-state index < -0.39 is 11.9 Å². The summed E-state index contributed by atoms with van der Waals surface area (Å²) in [6.07, 6.45) is 2.87. The van der Waals surface area contributed by atoms with Gasteiger partial charge in [-0.2, -0.15) is 5.10 Å². The molecule has 0 saturated carbocycles. The molecular formula is C13H11N3O3. The van der Waals surface area contributed by atoms with E-state index in [4.69, 9.17) is 10.8 Å². The van der Waals surface area contributed by atoms with E-state index in [1.807, 2.05) is 0 Å². The standard InChI is InChI=1S/C13H11N3O3/c14-12(17)6-3-8-1-4-9(5-2-8)10-7-11(13(18)19)16-15-10/h1-7H,(H2,14,17)(H,15,16)(H,18,19). The number of hydrogen-bond acceptors (Lipinski definition) is 3. The SMILES string of the molecule is NC(=O)C=Cc1ccc(-c2cc(C(=O)O)[nH]n2)cc1. The summed E-state index contributed by atoms with van der Waals surface area (Å²) in [6, 6.07) is 8.58.